The smallest absolute Gasteiger partial charge is 0.256 e. The number of carbonyl (C=O) groups excluding carboxylic acids is 1. The van der Waals surface area contributed by atoms with Crippen LogP contribution in [0.5, 0.6) is 0 Å². The molecule has 0 aliphatic carbocycles. The van der Waals surface area contributed by atoms with E-state index in [1.165, 1.54) is 11.9 Å². The zero-order valence-corrected chi connectivity index (χ0v) is 15.3. The fraction of sp³-hybridized carbons (Fsp3) is 0.211. The third kappa shape index (κ3) is 3.29. The SMILES string of the molecule is CC(C)(C)c1ccc(C(=O)Nc2cc(-n3cncn3)n3nccc3n2)cc1. The van der Waals surface area contributed by atoms with Crippen molar-refractivity contribution in [3.05, 3.63) is 66.4 Å². The Morgan fingerprint density at radius 2 is 1.85 bits per heavy atom. The molecule has 0 aliphatic rings. The highest BCUT2D eigenvalue weighted by Crippen LogP contribution is 2.22. The lowest BCUT2D eigenvalue weighted by atomic mass is 9.87. The van der Waals surface area contributed by atoms with Crippen LogP contribution in [-0.4, -0.2) is 35.3 Å². The lowest BCUT2D eigenvalue weighted by Crippen LogP contribution is -2.16. The third-order valence-corrected chi connectivity index (χ3v) is 4.25. The molecule has 1 aromatic carbocycles. The van der Waals surface area contributed by atoms with E-state index < -0.39 is 0 Å². The van der Waals surface area contributed by atoms with E-state index in [0.717, 1.165) is 0 Å². The maximum Gasteiger partial charge on any atom is 0.256 e. The highest BCUT2D eigenvalue weighted by molar-refractivity contribution is 6.04. The second kappa shape index (κ2) is 6.31. The average molecular weight is 361 g/mol. The zero-order valence-electron chi connectivity index (χ0n) is 15.3. The highest BCUT2D eigenvalue weighted by Gasteiger charge is 2.15. The molecule has 8 heteroatoms. The maximum atomic E-state index is 12.6. The number of fused-ring (bicyclic) bond motifs is 1. The van der Waals surface area contributed by atoms with Gasteiger partial charge in [0.15, 0.2) is 11.5 Å². The van der Waals surface area contributed by atoms with Crippen LogP contribution in [0.15, 0.2) is 55.2 Å². The lowest BCUT2D eigenvalue weighted by Gasteiger charge is -2.19. The fourth-order valence-electron chi connectivity index (χ4n) is 2.76. The van der Waals surface area contributed by atoms with E-state index in [0.29, 0.717) is 22.8 Å². The van der Waals surface area contributed by atoms with Gasteiger partial charge in [0.05, 0.1) is 6.20 Å². The quantitative estimate of drug-likeness (QED) is 0.606. The van der Waals surface area contributed by atoms with E-state index >= 15 is 0 Å². The summed E-state index contributed by atoms with van der Waals surface area (Å²) in [5, 5.41) is 11.2. The molecule has 0 unspecified atom stereocenters. The molecule has 0 radical (unpaired) electrons. The molecule has 0 atom stereocenters. The molecule has 8 nitrogen and oxygen atoms in total. The normalized spacial score (nSPS) is 11.7. The van der Waals surface area contributed by atoms with Gasteiger partial charge in [0.2, 0.25) is 0 Å². The number of nitrogens with one attached hydrogen (secondary N) is 1. The van der Waals surface area contributed by atoms with Crippen LogP contribution < -0.4 is 5.32 Å². The first-order valence-corrected chi connectivity index (χ1v) is 8.53. The van der Waals surface area contributed by atoms with Crippen molar-refractivity contribution in [2.24, 2.45) is 0 Å². The van der Waals surface area contributed by atoms with Crippen molar-refractivity contribution >= 4 is 17.4 Å². The van der Waals surface area contributed by atoms with Crippen LogP contribution in [-0.2, 0) is 5.41 Å². The van der Waals surface area contributed by atoms with Gasteiger partial charge in [-0.25, -0.2) is 14.6 Å². The summed E-state index contributed by atoms with van der Waals surface area (Å²) in [7, 11) is 0. The minimum Gasteiger partial charge on any atom is -0.306 e. The molecule has 0 spiro atoms. The molecule has 1 N–H and O–H groups in total. The number of aromatic nitrogens is 6. The van der Waals surface area contributed by atoms with Crippen molar-refractivity contribution in [1.29, 1.82) is 0 Å². The fourth-order valence-corrected chi connectivity index (χ4v) is 2.76. The summed E-state index contributed by atoms with van der Waals surface area (Å²) in [6.45, 7) is 6.41. The molecule has 3 heterocycles. The zero-order chi connectivity index (χ0) is 19.0. The molecule has 136 valence electrons. The monoisotopic (exact) mass is 361 g/mol. The maximum absolute atomic E-state index is 12.6. The van der Waals surface area contributed by atoms with Crippen LogP contribution in [0.1, 0.15) is 36.7 Å². The molecular weight excluding hydrogens is 342 g/mol. The van der Waals surface area contributed by atoms with Crippen LogP contribution in [0.3, 0.4) is 0 Å². The van der Waals surface area contributed by atoms with Crippen LogP contribution >= 0.6 is 0 Å². The van der Waals surface area contributed by atoms with E-state index in [1.807, 2.05) is 24.3 Å². The van der Waals surface area contributed by atoms with Gasteiger partial charge in [-0.15, -0.1) is 0 Å². The number of nitrogens with zero attached hydrogens (tertiary/aromatic N) is 6. The molecule has 0 saturated heterocycles. The first-order valence-electron chi connectivity index (χ1n) is 8.53. The number of benzene rings is 1. The summed E-state index contributed by atoms with van der Waals surface area (Å²) >= 11 is 0. The number of anilines is 1. The molecule has 0 fully saturated rings. The van der Waals surface area contributed by atoms with Gasteiger partial charge in [-0.05, 0) is 23.1 Å². The Hall–Kier alpha value is -3.55. The van der Waals surface area contributed by atoms with E-state index in [2.05, 4.69) is 46.3 Å². The Morgan fingerprint density at radius 1 is 1.07 bits per heavy atom. The lowest BCUT2D eigenvalue weighted by molar-refractivity contribution is 0.102. The first kappa shape index (κ1) is 16.9. The summed E-state index contributed by atoms with van der Waals surface area (Å²) in [5.41, 5.74) is 2.38. The number of hydrogen-bond acceptors (Lipinski definition) is 5. The minimum atomic E-state index is -0.226. The standard InChI is InChI=1S/C19H19N7O/c1-19(2,3)14-6-4-13(5-7-14)18(27)24-15-10-17(25-12-20-11-22-25)26-16(23-15)8-9-21-26/h4-12H,1-3H3,(H,23,24,27). The van der Waals surface area contributed by atoms with Gasteiger partial charge in [0.1, 0.15) is 18.5 Å². The van der Waals surface area contributed by atoms with Gasteiger partial charge < -0.3 is 5.32 Å². The Kier molecular flexibility index (Phi) is 3.95. The summed E-state index contributed by atoms with van der Waals surface area (Å²) in [4.78, 5) is 21.0. The number of carbonyl (C=O) groups is 1. The van der Waals surface area contributed by atoms with Gasteiger partial charge in [0.25, 0.3) is 5.91 Å². The topological polar surface area (TPSA) is 90.0 Å². The van der Waals surface area contributed by atoms with Crippen molar-refractivity contribution in [1.82, 2.24) is 29.4 Å². The Bertz CT molecular complexity index is 1090. The number of rotatable bonds is 3. The van der Waals surface area contributed by atoms with Crippen molar-refractivity contribution in [2.45, 2.75) is 26.2 Å². The molecule has 4 rings (SSSR count). The summed E-state index contributed by atoms with van der Waals surface area (Å²) in [5.74, 6) is 0.815. The highest BCUT2D eigenvalue weighted by atomic mass is 16.1. The van der Waals surface area contributed by atoms with Gasteiger partial charge >= 0.3 is 0 Å². The number of hydrogen-bond donors (Lipinski definition) is 1. The van der Waals surface area contributed by atoms with Crippen molar-refractivity contribution < 1.29 is 4.79 Å². The molecule has 0 bridgehead atoms. The molecule has 3 aromatic heterocycles. The predicted molar refractivity (Wildman–Crippen MR) is 101 cm³/mol. The Balaban J connectivity index is 1.64. The number of amides is 1. The van der Waals surface area contributed by atoms with Crippen LogP contribution in [0, 0.1) is 0 Å². The van der Waals surface area contributed by atoms with Gasteiger partial charge in [-0.2, -0.15) is 14.7 Å². The largest absolute Gasteiger partial charge is 0.306 e. The molecule has 27 heavy (non-hydrogen) atoms. The second-order valence-electron chi connectivity index (χ2n) is 7.22. The molecule has 0 saturated carbocycles. The first-order chi connectivity index (χ1) is 12.9. The van der Waals surface area contributed by atoms with Gasteiger partial charge in [0, 0.05) is 17.7 Å². The average Bonchev–Trinajstić information content (AvgIpc) is 3.32. The van der Waals surface area contributed by atoms with E-state index in [-0.39, 0.29) is 11.3 Å². The summed E-state index contributed by atoms with van der Waals surface area (Å²) < 4.78 is 3.19. The van der Waals surface area contributed by atoms with Gasteiger partial charge in [-0.3, -0.25) is 4.79 Å². The molecule has 0 aliphatic heterocycles. The second-order valence-corrected chi connectivity index (χ2v) is 7.22. The van der Waals surface area contributed by atoms with Crippen molar-refractivity contribution in [3.63, 3.8) is 0 Å². The Morgan fingerprint density at radius 3 is 2.52 bits per heavy atom. The van der Waals surface area contributed by atoms with E-state index in [4.69, 9.17) is 0 Å². The molecule has 4 aromatic rings. The molecular formula is C19H19N7O. The molecule has 1 amide bonds. The third-order valence-electron chi connectivity index (χ3n) is 4.25. The minimum absolute atomic E-state index is 0.0380. The van der Waals surface area contributed by atoms with Gasteiger partial charge in [-0.1, -0.05) is 32.9 Å². The van der Waals surface area contributed by atoms with Crippen LogP contribution in [0.25, 0.3) is 11.5 Å². The summed E-state index contributed by atoms with van der Waals surface area (Å²) in [6, 6.07) is 11.1. The Labute approximate surface area is 155 Å². The van der Waals surface area contributed by atoms with Crippen LogP contribution in [0.4, 0.5) is 5.82 Å². The van der Waals surface area contributed by atoms with Crippen molar-refractivity contribution in [2.75, 3.05) is 5.32 Å². The van der Waals surface area contributed by atoms with Crippen LogP contribution in [0.2, 0.25) is 0 Å². The summed E-state index contributed by atoms with van der Waals surface area (Å²) in [6.07, 6.45) is 4.64. The van der Waals surface area contributed by atoms with E-state index in [9.17, 15) is 4.79 Å². The van der Waals surface area contributed by atoms with E-state index in [1.54, 1.807) is 33.9 Å². The predicted octanol–water partition coefficient (Wildman–Crippen LogP) is 2.86. The van der Waals surface area contributed by atoms with Crippen molar-refractivity contribution in [3.8, 4) is 5.82 Å².